The Hall–Kier alpha value is -1.55. The van der Waals surface area contributed by atoms with E-state index in [4.69, 9.17) is 10.5 Å². The van der Waals surface area contributed by atoms with Crippen molar-refractivity contribution in [3.05, 3.63) is 29.8 Å². The lowest BCUT2D eigenvalue weighted by molar-refractivity contribution is -0.132. The van der Waals surface area contributed by atoms with Crippen LogP contribution in [-0.2, 0) is 4.79 Å². The van der Waals surface area contributed by atoms with Crippen molar-refractivity contribution in [2.24, 2.45) is 5.73 Å². The number of benzene rings is 1. The first-order valence-corrected chi connectivity index (χ1v) is 7.80. The van der Waals surface area contributed by atoms with Gasteiger partial charge in [-0.3, -0.25) is 4.79 Å². The molecule has 2 aliphatic rings. The Kier molecular flexibility index (Phi) is 3.89. The number of rotatable bonds is 4. The second-order valence-electron chi connectivity index (χ2n) is 6.49. The van der Waals surface area contributed by atoms with Crippen molar-refractivity contribution in [3.63, 3.8) is 0 Å². The molecule has 1 aromatic carbocycles. The standard InChI is InChI=1S/C17H24N2O2/c1-21-15-5-3-13(4-6-15)14-7-10-19(12-14)16(20)11-17(18)8-2-9-17/h3-6,14H,2,7-12,18H2,1H3. The van der Waals surface area contributed by atoms with Crippen molar-refractivity contribution >= 4 is 5.91 Å². The molecular formula is C17H24N2O2. The maximum atomic E-state index is 12.4. The van der Waals surface area contributed by atoms with Gasteiger partial charge in [-0.2, -0.15) is 0 Å². The third-order valence-corrected chi connectivity index (χ3v) is 4.98. The summed E-state index contributed by atoms with van der Waals surface area (Å²) < 4.78 is 5.19. The fourth-order valence-electron chi connectivity index (χ4n) is 3.36. The number of hydrogen-bond acceptors (Lipinski definition) is 3. The molecule has 2 fully saturated rings. The second kappa shape index (κ2) is 5.68. The molecule has 1 aliphatic heterocycles. The number of methoxy groups -OCH3 is 1. The molecule has 0 aromatic heterocycles. The van der Waals surface area contributed by atoms with E-state index < -0.39 is 0 Å². The number of amides is 1. The average molecular weight is 288 g/mol. The largest absolute Gasteiger partial charge is 0.497 e. The van der Waals surface area contributed by atoms with Gasteiger partial charge in [0.25, 0.3) is 0 Å². The van der Waals surface area contributed by atoms with Crippen LogP contribution in [0.1, 0.15) is 43.6 Å². The normalized spacial score (nSPS) is 23.7. The van der Waals surface area contributed by atoms with E-state index in [1.165, 1.54) is 5.56 Å². The van der Waals surface area contributed by atoms with Gasteiger partial charge in [-0.05, 0) is 43.4 Å². The maximum absolute atomic E-state index is 12.4. The lowest BCUT2D eigenvalue weighted by Gasteiger charge is -2.38. The number of hydrogen-bond donors (Lipinski definition) is 1. The topological polar surface area (TPSA) is 55.6 Å². The van der Waals surface area contributed by atoms with Crippen molar-refractivity contribution in [2.45, 2.75) is 43.6 Å². The van der Waals surface area contributed by atoms with Gasteiger partial charge in [0.05, 0.1) is 7.11 Å². The van der Waals surface area contributed by atoms with Gasteiger partial charge < -0.3 is 15.4 Å². The van der Waals surface area contributed by atoms with Crippen LogP contribution in [0.5, 0.6) is 5.75 Å². The number of ether oxygens (including phenoxy) is 1. The molecule has 1 unspecified atom stereocenters. The summed E-state index contributed by atoms with van der Waals surface area (Å²) in [4.78, 5) is 14.3. The van der Waals surface area contributed by atoms with Crippen LogP contribution in [0.15, 0.2) is 24.3 Å². The molecule has 4 heteroatoms. The average Bonchev–Trinajstić information content (AvgIpc) is 2.95. The fraction of sp³-hybridized carbons (Fsp3) is 0.588. The van der Waals surface area contributed by atoms with Crippen LogP contribution in [0.4, 0.5) is 0 Å². The molecule has 1 amide bonds. The summed E-state index contributed by atoms with van der Waals surface area (Å²) in [6, 6.07) is 8.19. The fourth-order valence-corrected chi connectivity index (χ4v) is 3.36. The number of carbonyl (C=O) groups excluding carboxylic acids is 1. The van der Waals surface area contributed by atoms with E-state index in [2.05, 4.69) is 12.1 Å². The summed E-state index contributed by atoms with van der Waals surface area (Å²) >= 11 is 0. The summed E-state index contributed by atoms with van der Waals surface area (Å²) in [5.41, 5.74) is 7.26. The summed E-state index contributed by atoms with van der Waals surface area (Å²) in [5, 5.41) is 0. The van der Waals surface area contributed by atoms with Gasteiger partial charge in [0.2, 0.25) is 5.91 Å². The predicted molar refractivity (Wildman–Crippen MR) is 82.3 cm³/mol. The first kappa shape index (κ1) is 14.4. The van der Waals surface area contributed by atoms with E-state index in [1.54, 1.807) is 7.11 Å². The van der Waals surface area contributed by atoms with Gasteiger partial charge in [-0.1, -0.05) is 12.1 Å². The number of likely N-dealkylation sites (tertiary alicyclic amines) is 1. The highest BCUT2D eigenvalue weighted by Crippen LogP contribution is 2.34. The van der Waals surface area contributed by atoms with Gasteiger partial charge in [0, 0.05) is 31.0 Å². The summed E-state index contributed by atoms with van der Waals surface area (Å²) in [7, 11) is 1.67. The van der Waals surface area contributed by atoms with E-state index in [0.717, 1.165) is 44.5 Å². The first-order chi connectivity index (χ1) is 10.1. The summed E-state index contributed by atoms with van der Waals surface area (Å²) in [6.07, 6.45) is 4.71. The molecule has 1 heterocycles. The molecule has 2 N–H and O–H groups in total. The van der Waals surface area contributed by atoms with Crippen LogP contribution >= 0.6 is 0 Å². The highest BCUT2D eigenvalue weighted by Gasteiger charge is 2.37. The van der Waals surface area contributed by atoms with Gasteiger partial charge in [0.15, 0.2) is 0 Å². The Morgan fingerprint density at radius 1 is 1.38 bits per heavy atom. The SMILES string of the molecule is COc1ccc(C2CCN(C(=O)CC3(N)CCC3)C2)cc1. The van der Waals surface area contributed by atoms with E-state index in [1.807, 2.05) is 17.0 Å². The molecule has 3 rings (SSSR count). The number of carbonyl (C=O) groups is 1. The smallest absolute Gasteiger partial charge is 0.224 e. The molecule has 21 heavy (non-hydrogen) atoms. The summed E-state index contributed by atoms with van der Waals surface area (Å²) in [5.74, 6) is 1.54. The first-order valence-electron chi connectivity index (χ1n) is 7.80. The second-order valence-corrected chi connectivity index (χ2v) is 6.49. The van der Waals surface area contributed by atoms with E-state index in [-0.39, 0.29) is 11.4 Å². The van der Waals surface area contributed by atoms with Crippen LogP contribution in [0.25, 0.3) is 0 Å². The van der Waals surface area contributed by atoms with Gasteiger partial charge >= 0.3 is 0 Å². The van der Waals surface area contributed by atoms with E-state index in [0.29, 0.717) is 12.3 Å². The zero-order valence-electron chi connectivity index (χ0n) is 12.7. The van der Waals surface area contributed by atoms with Crippen LogP contribution in [0, 0.1) is 0 Å². The molecule has 1 atom stereocenters. The molecule has 1 aliphatic carbocycles. The molecular weight excluding hydrogens is 264 g/mol. The highest BCUT2D eigenvalue weighted by atomic mass is 16.5. The molecule has 0 spiro atoms. The van der Waals surface area contributed by atoms with Crippen LogP contribution in [0.3, 0.4) is 0 Å². The quantitative estimate of drug-likeness (QED) is 0.925. The number of nitrogens with zero attached hydrogens (tertiary/aromatic N) is 1. The van der Waals surface area contributed by atoms with E-state index in [9.17, 15) is 4.79 Å². The van der Waals surface area contributed by atoms with Gasteiger partial charge in [-0.25, -0.2) is 0 Å². The van der Waals surface area contributed by atoms with Crippen molar-refractivity contribution in [2.75, 3.05) is 20.2 Å². The van der Waals surface area contributed by atoms with Crippen LogP contribution < -0.4 is 10.5 Å². The van der Waals surface area contributed by atoms with Crippen molar-refractivity contribution in [1.29, 1.82) is 0 Å². The minimum absolute atomic E-state index is 0.213. The lowest BCUT2D eigenvalue weighted by Crippen LogP contribution is -2.50. The summed E-state index contributed by atoms with van der Waals surface area (Å²) in [6.45, 7) is 1.67. The predicted octanol–water partition coefficient (Wildman–Crippen LogP) is 2.28. The molecule has 0 bridgehead atoms. The Morgan fingerprint density at radius 2 is 2.10 bits per heavy atom. The van der Waals surface area contributed by atoms with Crippen LogP contribution in [-0.4, -0.2) is 36.5 Å². The minimum Gasteiger partial charge on any atom is -0.497 e. The lowest BCUT2D eigenvalue weighted by atomic mass is 9.75. The van der Waals surface area contributed by atoms with Crippen molar-refractivity contribution < 1.29 is 9.53 Å². The zero-order chi connectivity index (χ0) is 14.9. The Labute approximate surface area is 126 Å². The van der Waals surface area contributed by atoms with Crippen LogP contribution in [0.2, 0.25) is 0 Å². The zero-order valence-corrected chi connectivity index (χ0v) is 12.7. The van der Waals surface area contributed by atoms with Crippen molar-refractivity contribution in [3.8, 4) is 5.75 Å². The Morgan fingerprint density at radius 3 is 2.67 bits per heavy atom. The Bertz CT molecular complexity index is 508. The number of nitrogens with two attached hydrogens (primary N) is 1. The van der Waals surface area contributed by atoms with Gasteiger partial charge in [0.1, 0.15) is 5.75 Å². The van der Waals surface area contributed by atoms with Crippen molar-refractivity contribution in [1.82, 2.24) is 4.90 Å². The molecule has 1 saturated heterocycles. The minimum atomic E-state index is -0.213. The third-order valence-electron chi connectivity index (χ3n) is 4.98. The maximum Gasteiger partial charge on any atom is 0.224 e. The monoisotopic (exact) mass is 288 g/mol. The molecule has 4 nitrogen and oxygen atoms in total. The van der Waals surface area contributed by atoms with E-state index >= 15 is 0 Å². The molecule has 114 valence electrons. The molecule has 1 saturated carbocycles. The van der Waals surface area contributed by atoms with Gasteiger partial charge in [-0.15, -0.1) is 0 Å². The Balaban J connectivity index is 1.58. The molecule has 0 radical (unpaired) electrons. The highest BCUT2D eigenvalue weighted by molar-refractivity contribution is 5.78. The third kappa shape index (κ3) is 3.05. The molecule has 1 aromatic rings.